The quantitative estimate of drug-likeness (QED) is 0.791. The van der Waals surface area contributed by atoms with Crippen LogP contribution in [0.5, 0.6) is 5.75 Å². The fraction of sp³-hybridized carbons (Fsp3) is 0.455. The molecule has 0 radical (unpaired) electrons. The van der Waals surface area contributed by atoms with Crippen molar-refractivity contribution in [3.63, 3.8) is 0 Å². The number of hydrogen-bond acceptors (Lipinski definition) is 4. The normalized spacial score (nSPS) is 17.2. The molecule has 2 aromatic carbocycles. The van der Waals surface area contributed by atoms with Crippen LogP contribution in [0.15, 0.2) is 54.6 Å². The number of rotatable bonds is 8. The minimum atomic E-state index is -0.457. The van der Waals surface area contributed by atoms with Crippen LogP contribution in [0.1, 0.15) is 18.1 Å². The van der Waals surface area contributed by atoms with Crippen molar-refractivity contribution in [2.75, 3.05) is 39.3 Å². The lowest BCUT2D eigenvalue weighted by molar-refractivity contribution is 0.0446. The zero-order valence-corrected chi connectivity index (χ0v) is 15.7. The largest absolute Gasteiger partial charge is 0.491 e. The molecule has 1 saturated heterocycles. The zero-order chi connectivity index (χ0) is 18.2. The molecule has 3 rings (SSSR count). The molecule has 1 heterocycles. The maximum atomic E-state index is 10.3. The predicted molar refractivity (Wildman–Crippen MR) is 105 cm³/mol. The first-order valence-electron chi connectivity index (χ1n) is 9.61. The lowest BCUT2D eigenvalue weighted by atomic mass is 10.2. The van der Waals surface area contributed by atoms with Crippen molar-refractivity contribution in [3.05, 3.63) is 65.7 Å². The van der Waals surface area contributed by atoms with E-state index in [4.69, 9.17) is 4.74 Å². The number of aryl methyl sites for hydroxylation is 1. The molecule has 26 heavy (non-hydrogen) atoms. The molecular formula is C22H30N2O2. The molecule has 0 spiro atoms. The highest BCUT2D eigenvalue weighted by Gasteiger charge is 2.19. The van der Waals surface area contributed by atoms with Crippen molar-refractivity contribution in [1.82, 2.24) is 9.80 Å². The van der Waals surface area contributed by atoms with E-state index in [1.807, 2.05) is 12.1 Å². The molecule has 2 aromatic rings. The fourth-order valence-corrected chi connectivity index (χ4v) is 3.37. The summed E-state index contributed by atoms with van der Waals surface area (Å²) < 4.78 is 5.76. The van der Waals surface area contributed by atoms with Crippen LogP contribution in [0.4, 0.5) is 0 Å². The van der Waals surface area contributed by atoms with Gasteiger partial charge in [-0.3, -0.25) is 9.80 Å². The van der Waals surface area contributed by atoms with E-state index in [0.29, 0.717) is 13.2 Å². The average Bonchev–Trinajstić information content (AvgIpc) is 2.69. The first-order valence-corrected chi connectivity index (χ1v) is 9.61. The van der Waals surface area contributed by atoms with E-state index >= 15 is 0 Å². The van der Waals surface area contributed by atoms with Gasteiger partial charge in [0.1, 0.15) is 18.5 Å². The van der Waals surface area contributed by atoms with Crippen LogP contribution in [0, 0.1) is 0 Å². The lowest BCUT2D eigenvalue weighted by Gasteiger charge is -2.35. The Balaban J connectivity index is 1.37. The maximum absolute atomic E-state index is 10.3. The molecule has 1 unspecified atom stereocenters. The third kappa shape index (κ3) is 5.84. The number of ether oxygens (including phenoxy) is 1. The highest BCUT2D eigenvalue weighted by Crippen LogP contribution is 2.14. The molecule has 4 heteroatoms. The van der Waals surface area contributed by atoms with Crippen LogP contribution in [0.2, 0.25) is 0 Å². The van der Waals surface area contributed by atoms with Crippen LogP contribution in [-0.4, -0.2) is 60.3 Å². The summed E-state index contributed by atoms with van der Waals surface area (Å²) in [4.78, 5) is 4.81. The molecule has 0 aromatic heterocycles. The van der Waals surface area contributed by atoms with Crippen molar-refractivity contribution < 1.29 is 9.84 Å². The molecule has 0 bridgehead atoms. The minimum absolute atomic E-state index is 0.345. The van der Waals surface area contributed by atoms with E-state index in [-0.39, 0.29) is 0 Å². The molecular weight excluding hydrogens is 324 g/mol. The molecule has 1 aliphatic rings. The van der Waals surface area contributed by atoms with Crippen LogP contribution in [0.25, 0.3) is 0 Å². The van der Waals surface area contributed by atoms with Crippen molar-refractivity contribution in [2.45, 2.75) is 26.0 Å². The van der Waals surface area contributed by atoms with Gasteiger partial charge in [0.05, 0.1) is 0 Å². The van der Waals surface area contributed by atoms with E-state index in [2.05, 4.69) is 59.2 Å². The smallest absolute Gasteiger partial charge is 0.119 e. The number of aliphatic hydroxyl groups is 1. The molecule has 4 nitrogen and oxygen atoms in total. The van der Waals surface area contributed by atoms with Gasteiger partial charge in [0.15, 0.2) is 0 Å². The van der Waals surface area contributed by atoms with Crippen molar-refractivity contribution in [1.29, 1.82) is 0 Å². The van der Waals surface area contributed by atoms with Gasteiger partial charge >= 0.3 is 0 Å². The predicted octanol–water partition coefficient (Wildman–Crippen LogP) is 2.81. The van der Waals surface area contributed by atoms with Crippen molar-refractivity contribution in [3.8, 4) is 5.75 Å². The number of benzene rings is 2. The first-order chi connectivity index (χ1) is 12.7. The Morgan fingerprint density at radius 3 is 2.35 bits per heavy atom. The number of β-amino-alcohol motifs (C(OH)–C–C–N with tert-alkyl or cyclic N) is 1. The zero-order valence-electron chi connectivity index (χ0n) is 15.7. The molecule has 1 N–H and O–H groups in total. The minimum Gasteiger partial charge on any atom is -0.491 e. The van der Waals surface area contributed by atoms with E-state index in [0.717, 1.165) is 44.9 Å². The third-order valence-corrected chi connectivity index (χ3v) is 4.93. The highest BCUT2D eigenvalue weighted by atomic mass is 16.5. The van der Waals surface area contributed by atoms with Gasteiger partial charge in [-0.15, -0.1) is 0 Å². The van der Waals surface area contributed by atoms with Crippen LogP contribution in [-0.2, 0) is 13.0 Å². The number of aliphatic hydroxyl groups excluding tert-OH is 1. The number of nitrogens with zero attached hydrogens (tertiary/aromatic N) is 2. The Bertz CT molecular complexity index is 654. The summed E-state index contributed by atoms with van der Waals surface area (Å²) in [5.74, 6) is 0.844. The molecule has 140 valence electrons. The monoisotopic (exact) mass is 354 g/mol. The van der Waals surface area contributed by atoms with Gasteiger partial charge in [-0.25, -0.2) is 0 Å². The van der Waals surface area contributed by atoms with Gasteiger partial charge in [0, 0.05) is 39.3 Å². The van der Waals surface area contributed by atoms with Crippen LogP contribution < -0.4 is 4.74 Å². The third-order valence-electron chi connectivity index (χ3n) is 4.93. The molecule has 0 saturated carbocycles. The van der Waals surface area contributed by atoms with Gasteiger partial charge in [-0.05, 0) is 29.7 Å². The molecule has 0 aliphatic carbocycles. The second kappa shape index (κ2) is 9.72. The highest BCUT2D eigenvalue weighted by molar-refractivity contribution is 5.28. The average molecular weight is 354 g/mol. The Hall–Kier alpha value is -1.88. The summed E-state index contributed by atoms with van der Waals surface area (Å²) in [7, 11) is 0. The number of piperazine rings is 1. The van der Waals surface area contributed by atoms with Gasteiger partial charge in [-0.2, -0.15) is 0 Å². The summed E-state index contributed by atoms with van der Waals surface area (Å²) in [6.07, 6.45) is 0.536. The van der Waals surface area contributed by atoms with Gasteiger partial charge in [0.2, 0.25) is 0 Å². The van der Waals surface area contributed by atoms with Gasteiger partial charge in [0.25, 0.3) is 0 Å². The Morgan fingerprint density at radius 1 is 0.923 bits per heavy atom. The Kier molecular flexibility index (Phi) is 7.06. The molecule has 1 fully saturated rings. The van der Waals surface area contributed by atoms with E-state index in [1.54, 1.807) is 0 Å². The topological polar surface area (TPSA) is 35.9 Å². The first kappa shape index (κ1) is 18.9. The van der Waals surface area contributed by atoms with Crippen LogP contribution >= 0.6 is 0 Å². The van der Waals surface area contributed by atoms with Crippen molar-refractivity contribution in [2.24, 2.45) is 0 Å². The van der Waals surface area contributed by atoms with E-state index in [1.165, 1.54) is 11.1 Å². The molecule has 1 atom stereocenters. The second-order valence-electron chi connectivity index (χ2n) is 7.03. The molecule has 0 amide bonds. The second-order valence-corrected chi connectivity index (χ2v) is 7.03. The Labute approximate surface area is 157 Å². The molecule has 1 aliphatic heterocycles. The summed E-state index contributed by atoms with van der Waals surface area (Å²) >= 11 is 0. The van der Waals surface area contributed by atoms with Gasteiger partial charge in [-0.1, -0.05) is 49.4 Å². The van der Waals surface area contributed by atoms with E-state index < -0.39 is 6.10 Å². The van der Waals surface area contributed by atoms with Gasteiger partial charge < -0.3 is 9.84 Å². The summed E-state index contributed by atoms with van der Waals surface area (Å²) in [6, 6.07) is 18.7. The fourth-order valence-electron chi connectivity index (χ4n) is 3.37. The van der Waals surface area contributed by atoms with E-state index in [9.17, 15) is 5.11 Å². The standard InChI is InChI=1S/C22H30N2O2/c1-2-19-9-6-10-22(15-19)26-18-21(25)17-24-13-11-23(12-14-24)16-20-7-4-3-5-8-20/h3-10,15,21,25H,2,11-14,16-18H2,1H3. The Morgan fingerprint density at radius 2 is 1.62 bits per heavy atom. The summed E-state index contributed by atoms with van der Waals surface area (Å²) in [5, 5.41) is 10.3. The van der Waals surface area contributed by atoms with Crippen molar-refractivity contribution >= 4 is 0 Å². The summed E-state index contributed by atoms with van der Waals surface area (Å²) in [5.41, 5.74) is 2.62. The maximum Gasteiger partial charge on any atom is 0.119 e. The van der Waals surface area contributed by atoms with Crippen LogP contribution in [0.3, 0.4) is 0 Å². The summed E-state index contributed by atoms with van der Waals surface area (Å²) in [6.45, 7) is 8.23. The number of hydrogen-bond donors (Lipinski definition) is 1. The SMILES string of the molecule is CCc1cccc(OCC(O)CN2CCN(Cc3ccccc3)CC2)c1. The lowest BCUT2D eigenvalue weighted by Crippen LogP contribution is -2.48.